The van der Waals surface area contributed by atoms with Crippen molar-refractivity contribution in [3.63, 3.8) is 0 Å². The topological polar surface area (TPSA) is 85.5 Å². The van der Waals surface area contributed by atoms with Crippen LogP contribution < -0.4 is 4.90 Å². The molecule has 0 radical (unpaired) electrons. The smallest absolute Gasteiger partial charge is 0.245 e. The van der Waals surface area contributed by atoms with Crippen molar-refractivity contribution in [2.75, 3.05) is 24.5 Å². The third-order valence-electron chi connectivity index (χ3n) is 6.39. The number of hydrazone groups is 1. The highest BCUT2D eigenvalue weighted by Gasteiger charge is 2.45. The van der Waals surface area contributed by atoms with Crippen LogP contribution >= 0.6 is 0 Å². The second kappa shape index (κ2) is 7.69. The van der Waals surface area contributed by atoms with Gasteiger partial charge in [-0.25, -0.2) is 23.8 Å². The minimum atomic E-state index is -0.653. The van der Waals surface area contributed by atoms with E-state index >= 15 is 0 Å². The molecular formula is C22H20F2N6O. The van der Waals surface area contributed by atoms with Crippen molar-refractivity contribution in [1.82, 2.24) is 15.0 Å². The zero-order chi connectivity index (χ0) is 21.5. The molecule has 2 fully saturated rings. The van der Waals surface area contributed by atoms with Crippen LogP contribution in [0.15, 0.2) is 35.6 Å². The lowest BCUT2D eigenvalue weighted by Gasteiger charge is -2.20. The SMILES string of the molecule is N#Cc1ccnc(N2C[C@H]3CC(C(=O)N4CCC(c5cc(F)cc(F)c5)=N4)C[C@@H]3C2)n1. The number of hydrogen-bond donors (Lipinski definition) is 0. The van der Waals surface area contributed by atoms with Crippen LogP contribution in [0.3, 0.4) is 0 Å². The Bertz CT molecular complexity index is 1080. The Morgan fingerprint density at radius 3 is 2.52 bits per heavy atom. The highest BCUT2D eigenvalue weighted by Crippen LogP contribution is 2.43. The van der Waals surface area contributed by atoms with Gasteiger partial charge in [0, 0.05) is 43.3 Å². The number of fused-ring (bicyclic) bond motifs is 1. The Morgan fingerprint density at radius 2 is 1.84 bits per heavy atom. The molecule has 31 heavy (non-hydrogen) atoms. The van der Waals surface area contributed by atoms with E-state index in [0.717, 1.165) is 32.0 Å². The van der Waals surface area contributed by atoms with Gasteiger partial charge in [0.2, 0.25) is 11.9 Å². The van der Waals surface area contributed by atoms with E-state index in [0.29, 0.717) is 47.7 Å². The maximum absolute atomic E-state index is 13.5. The lowest BCUT2D eigenvalue weighted by molar-refractivity contribution is -0.135. The summed E-state index contributed by atoms with van der Waals surface area (Å²) in [5, 5.41) is 14.9. The summed E-state index contributed by atoms with van der Waals surface area (Å²) in [4.78, 5) is 23.7. The van der Waals surface area contributed by atoms with E-state index < -0.39 is 11.6 Å². The van der Waals surface area contributed by atoms with Crippen molar-refractivity contribution >= 4 is 17.6 Å². The fraction of sp³-hybridized carbons (Fsp3) is 0.409. The average molecular weight is 422 g/mol. The van der Waals surface area contributed by atoms with Gasteiger partial charge in [-0.05, 0) is 42.9 Å². The monoisotopic (exact) mass is 422 g/mol. The normalized spacial score (nSPS) is 23.1. The number of carbonyl (C=O) groups excluding carboxylic acids is 1. The number of benzene rings is 1. The van der Waals surface area contributed by atoms with Crippen LogP contribution in [0.5, 0.6) is 0 Å². The lowest BCUT2D eigenvalue weighted by Crippen LogP contribution is -2.31. The summed E-state index contributed by atoms with van der Waals surface area (Å²) in [6.07, 6.45) is 3.62. The molecule has 1 aromatic carbocycles. The van der Waals surface area contributed by atoms with Crippen LogP contribution in [0.25, 0.3) is 0 Å². The molecule has 7 nitrogen and oxygen atoms in total. The van der Waals surface area contributed by atoms with Gasteiger partial charge in [-0.1, -0.05) is 0 Å². The van der Waals surface area contributed by atoms with Gasteiger partial charge >= 0.3 is 0 Å². The molecule has 3 aliphatic rings. The summed E-state index contributed by atoms with van der Waals surface area (Å²) in [6.45, 7) is 1.96. The van der Waals surface area contributed by atoms with Crippen molar-refractivity contribution in [2.45, 2.75) is 19.3 Å². The number of rotatable bonds is 3. The summed E-state index contributed by atoms with van der Waals surface area (Å²) in [7, 11) is 0. The van der Waals surface area contributed by atoms with E-state index in [-0.39, 0.29) is 11.8 Å². The molecule has 2 aliphatic heterocycles. The van der Waals surface area contributed by atoms with E-state index in [1.165, 1.54) is 17.1 Å². The van der Waals surface area contributed by atoms with E-state index in [2.05, 4.69) is 20.0 Å². The molecule has 9 heteroatoms. The predicted octanol–water partition coefficient (Wildman–Crippen LogP) is 2.73. The molecule has 1 saturated carbocycles. The van der Waals surface area contributed by atoms with Gasteiger partial charge in [0.25, 0.3) is 0 Å². The van der Waals surface area contributed by atoms with Crippen molar-refractivity contribution < 1.29 is 13.6 Å². The van der Waals surface area contributed by atoms with Crippen LogP contribution in [0, 0.1) is 40.7 Å². The maximum atomic E-state index is 13.5. The lowest BCUT2D eigenvalue weighted by atomic mass is 10.0. The molecule has 0 N–H and O–H groups in total. The number of amides is 1. The third-order valence-corrected chi connectivity index (χ3v) is 6.39. The van der Waals surface area contributed by atoms with E-state index in [1.807, 2.05) is 6.07 Å². The van der Waals surface area contributed by atoms with Gasteiger partial charge in [-0.2, -0.15) is 10.4 Å². The summed E-state index contributed by atoms with van der Waals surface area (Å²) >= 11 is 0. The Balaban J connectivity index is 1.23. The van der Waals surface area contributed by atoms with Crippen molar-refractivity contribution in [3.8, 4) is 6.07 Å². The zero-order valence-electron chi connectivity index (χ0n) is 16.7. The van der Waals surface area contributed by atoms with Crippen molar-refractivity contribution in [3.05, 3.63) is 53.4 Å². The van der Waals surface area contributed by atoms with Crippen LogP contribution in [-0.2, 0) is 4.79 Å². The number of nitrogens with zero attached hydrogens (tertiary/aromatic N) is 6. The van der Waals surface area contributed by atoms with E-state index in [4.69, 9.17) is 5.26 Å². The van der Waals surface area contributed by atoms with Crippen molar-refractivity contribution in [1.29, 1.82) is 5.26 Å². The zero-order valence-corrected chi connectivity index (χ0v) is 16.7. The summed E-state index contributed by atoms with van der Waals surface area (Å²) in [5.74, 6) is -0.128. The molecule has 0 bridgehead atoms. The first kappa shape index (κ1) is 19.5. The van der Waals surface area contributed by atoms with E-state index in [9.17, 15) is 13.6 Å². The molecule has 2 aromatic rings. The molecule has 5 rings (SSSR count). The molecule has 3 heterocycles. The minimum Gasteiger partial charge on any atom is -0.340 e. The van der Waals surface area contributed by atoms with Crippen LogP contribution in [0.4, 0.5) is 14.7 Å². The fourth-order valence-electron chi connectivity index (χ4n) is 4.98. The predicted molar refractivity (Wildman–Crippen MR) is 108 cm³/mol. The van der Waals surface area contributed by atoms with Gasteiger partial charge in [0.1, 0.15) is 23.4 Å². The molecule has 1 amide bonds. The summed E-state index contributed by atoms with van der Waals surface area (Å²) in [5.41, 5.74) is 1.26. The molecule has 1 aromatic heterocycles. The van der Waals surface area contributed by atoms with Gasteiger partial charge in [-0.15, -0.1) is 0 Å². The largest absolute Gasteiger partial charge is 0.340 e. The Kier molecular flexibility index (Phi) is 4.85. The standard InChI is InChI=1S/C22H20F2N6O/c23-17-7-13(8-18(24)9-17)20-2-4-30(28-20)21(31)14-5-15-11-29(12-16(15)6-14)22-26-3-1-19(10-25)27-22/h1,3,7-9,14-16H,2,4-6,11-12H2/t15-,16-/m1/s1. The first-order valence-corrected chi connectivity index (χ1v) is 10.3. The number of hydrogen-bond acceptors (Lipinski definition) is 6. The third kappa shape index (κ3) is 3.74. The average Bonchev–Trinajstić information content (AvgIpc) is 3.47. The highest BCUT2D eigenvalue weighted by atomic mass is 19.1. The van der Waals surface area contributed by atoms with E-state index in [1.54, 1.807) is 12.3 Å². The first-order chi connectivity index (χ1) is 15.0. The van der Waals surface area contributed by atoms with Crippen molar-refractivity contribution in [2.24, 2.45) is 22.9 Å². The molecule has 1 saturated heterocycles. The number of halogens is 2. The number of aromatic nitrogens is 2. The Morgan fingerprint density at radius 1 is 1.13 bits per heavy atom. The maximum Gasteiger partial charge on any atom is 0.245 e. The quantitative estimate of drug-likeness (QED) is 0.759. The molecular weight excluding hydrogens is 402 g/mol. The molecule has 2 atom stereocenters. The minimum absolute atomic E-state index is 0.0180. The second-order valence-electron chi connectivity index (χ2n) is 8.36. The van der Waals surface area contributed by atoms with Crippen LogP contribution in [0.2, 0.25) is 0 Å². The summed E-state index contributed by atoms with van der Waals surface area (Å²) in [6, 6.07) is 6.93. The summed E-state index contributed by atoms with van der Waals surface area (Å²) < 4.78 is 27.0. The number of carbonyl (C=O) groups is 1. The number of anilines is 1. The fourth-order valence-corrected chi connectivity index (χ4v) is 4.98. The first-order valence-electron chi connectivity index (χ1n) is 10.3. The molecule has 158 valence electrons. The van der Waals surface area contributed by atoms with Gasteiger partial charge in [0.05, 0.1) is 12.3 Å². The number of nitriles is 1. The van der Waals surface area contributed by atoms with Gasteiger partial charge < -0.3 is 4.90 Å². The highest BCUT2D eigenvalue weighted by molar-refractivity contribution is 6.02. The van der Waals surface area contributed by atoms with Crippen LogP contribution in [-0.4, -0.2) is 46.2 Å². The van der Waals surface area contributed by atoms with Gasteiger partial charge in [0.15, 0.2) is 0 Å². The Labute approximate surface area is 178 Å². The van der Waals surface area contributed by atoms with Gasteiger partial charge in [-0.3, -0.25) is 4.79 Å². The molecule has 0 spiro atoms. The molecule has 1 aliphatic carbocycles. The second-order valence-corrected chi connectivity index (χ2v) is 8.36. The molecule has 0 unspecified atom stereocenters. The Hall–Kier alpha value is -3.41. The van der Waals surface area contributed by atoms with Crippen LogP contribution in [0.1, 0.15) is 30.5 Å².